The second-order valence-corrected chi connectivity index (χ2v) is 7.59. The van der Waals surface area contributed by atoms with Crippen molar-refractivity contribution in [1.29, 1.82) is 0 Å². The Kier molecular flexibility index (Phi) is 6.51. The van der Waals surface area contributed by atoms with E-state index in [1.807, 2.05) is 12.2 Å². The van der Waals surface area contributed by atoms with Crippen LogP contribution in [0, 0.1) is 0 Å². The van der Waals surface area contributed by atoms with Gasteiger partial charge in [0.15, 0.2) is 11.1 Å². The Morgan fingerprint density at radius 2 is 1.12 bits per heavy atom. The van der Waals surface area contributed by atoms with Gasteiger partial charge in [0.2, 0.25) is 11.8 Å². The first-order valence-corrected chi connectivity index (χ1v) is 9.18. The number of cyclic esters (lactones) is 2. The van der Waals surface area contributed by atoms with Crippen LogP contribution in [0.25, 0.3) is 0 Å². The molecule has 0 aromatic heterocycles. The van der Waals surface area contributed by atoms with E-state index in [-0.39, 0.29) is 11.9 Å². The maximum atomic E-state index is 11.5. The van der Waals surface area contributed by atoms with Crippen molar-refractivity contribution in [2.24, 2.45) is 9.98 Å². The zero-order valence-corrected chi connectivity index (χ0v) is 16.1. The van der Waals surface area contributed by atoms with Crippen LogP contribution < -0.4 is 0 Å². The number of esters is 2. The number of hydrogen-bond acceptors (Lipinski definition) is 6. The molecule has 0 aromatic rings. The third-order valence-electron chi connectivity index (χ3n) is 4.19. The Morgan fingerprint density at radius 3 is 1.42 bits per heavy atom. The molecule has 0 N–H and O–H groups in total. The summed E-state index contributed by atoms with van der Waals surface area (Å²) < 4.78 is 10.2. The Labute approximate surface area is 155 Å². The molecular weight excluding hydrogens is 332 g/mol. The van der Waals surface area contributed by atoms with Gasteiger partial charge in [-0.05, 0) is 65.5 Å². The fourth-order valence-corrected chi connectivity index (χ4v) is 2.52. The maximum Gasteiger partial charge on any atom is 0.340 e. The third kappa shape index (κ3) is 5.64. The smallest absolute Gasteiger partial charge is 0.340 e. The zero-order valence-electron chi connectivity index (χ0n) is 16.1. The highest BCUT2D eigenvalue weighted by Crippen LogP contribution is 2.20. The number of allylic oxidation sites excluding steroid dienone is 2. The molecule has 0 spiro atoms. The van der Waals surface area contributed by atoms with E-state index in [0.717, 1.165) is 38.5 Å². The van der Waals surface area contributed by atoms with Crippen LogP contribution in [0.5, 0.6) is 0 Å². The molecular formula is C20H28N2O4. The highest BCUT2D eigenvalue weighted by Gasteiger charge is 2.36. The summed E-state index contributed by atoms with van der Waals surface area (Å²) in [5.74, 6) is 0.215. The van der Waals surface area contributed by atoms with E-state index in [9.17, 15) is 9.59 Å². The summed E-state index contributed by atoms with van der Waals surface area (Å²) in [6, 6.07) is 0. The van der Waals surface area contributed by atoms with Crippen LogP contribution in [-0.2, 0) is 19.1 Å². The molecule has 0 radical (unpaired) electrons. The van der Waals surface area contributed by atoms with Gasteiger partial charge >= 0.3 is 11.9 Å². The Balaban J connectivity index is 1.53. The minimum absolute atomic E-state index is 0.299. The predicted octanol–water partition coefficient (Wildman–Crippen LogP) is 3.91. The molecule has 142 valence electrons. The lowest BCUT2D eigenvalue weighted by Crippen LogP contribution is -2.25. The van der Waals surface area contributed by atoms with Crippen LogP contribution >= 0.6 is 0 Å². The number of carbonyl (C=O) groups is 2. The fourth-order valence-electron chi connectivity index (χ4n) is 2.52. The van der Waals surface area contributed by atoms with Crippen LogP contribution in [0.3, 0.4) is 0 Å². The number of ether oxygens (including phenoxy) is 2. The van der Waals surface area contributed by atoms with Crippen molar-refractivity contribution >= 4 is 23.7 Å². The van der Waals surface area contributed by atoms with Gasteiger partial charge in [-0.2, -0.15) is 0 Å². The molecule has 0 atom stereocenters. The number of aliphatic imine (C=N–C) groups is 2. The van der Waals surface area contributed by atoms with Gasteiger partial charge in [-0.3, -0.25) is 0 Å². The Bertz CT molecular complexity index is 611. The average Bonchev–Trinajstić information content (AvgIpc) is 2.95. The van der Waals surface area contributed by atoms with Crippen molar-refractivity contribution in [3.8, 4) is 0 Å². The Morgan fingerprint density at radius 1 is 0.731 bits per heavy atom. The van der Waals surface area contributed by atoms with E-state index in [2.05, 4.69) is 9.98 Å². The van der Waals surface area contributed by atoms with Gasteiger partial charge in [0.1, 0.15) is 0 Å². The minimum atomic E-state index is -0.759. The Hall–Kier alpha value is -2.24. The molecule has 0 saturated heterocycles. The van der Waals surface area contributed by atoms with Crippen LogP contribution in [0.2, 0.25) is 0 Å². The molecule has 0 aromatic carbocycles. The predicted molar refractivity (Wildman–Crippen MR) is 101 cm³/mol. The third-order valence-corrected chi connectivity index (χ3v) is 4.19. The second-order valence-electron chi connectivity index (χ2n) is 7.59. The van der Waals surface area contributed by atoms with E-state index in [4.69, 9.17) is 9.47 Å². The second kappa shape index (κ2) is 8.43. The number of rotatable bonds is 9. The number of hydrogen-bond donors (Lipinski definition) is 0. The summed E-state index contributed by atoms with van der Waals surface area (Å²) in [5.41, 5.74) is -1.52. The van der Waals surface area contributed by atoms with Crippen LogP contribution in [0.15, 0.2) is 34.3 Å². The van der Waals surface area contributed by atoms with E-state index in [1.165, 1.54) is 0 Å². The summed E-state index contributed by atoms with van der Waals surface area (Å²) in [4.78, 5) is 31.4. The number of nitrogens with zero attached hydrogens (tertiary/aromatic N) is 2. The monoisotopic (exact) mass is 360 g/mol. The summed E-state index contributed by atoms with van der Waals surface area (Å²) in [6.07, 6.45) is 13.9. The molecule has 0 aliphatic carbocycles. The number of unbranched alkanes of at least 4 members (excludes halogenated alkanes) is 5. The average molecular weight is 360 g/mol. The molecule has 6 heteroatoms. The molecule has 2 rings (SSSR count). The van der Waals surface area contributed by atoms with Crippen LogP contribution in [-0.4, -0.2) is 34.8 Å². The molecule has 2 aliphatic heterocycles. The van der Waals surface area contributed by atoms with E-state index < -0.39 is 11.1 Å². The lowest BCUT2D eigenvalue weighted by Gasteiger charge is -2.05. The molecule has 2 heterocycles. The first kappa shape index (κ1) is 20.1. The summed E-state index contributed by atoms with van der Waals surface area (Å²) in [7, 11) is 0. The SMILES string of the molecule is CC1(C)N=C(/C=C/CCCCCC/C=C/C2=NC(C)(C)C(=O)O2)OC1=O. The standard InChI is InChI=1S/C20H28N2O4/c1-19(2)17(23)25-15(21-19)13-11-9-7-5-6-8-10-12-14-16-22-20(3,4)18(24)26-16/h11-14H,5-10H2,1-4H3/b13-11+,14-12+. The summed E-state index contributed by atoms with van der Waals surface area (Å²) >= 11 is 0. The summed E-state index contributed by atoms with van der Waals surface area (Å²) in [5, 5.41) is 0. The van der Waals surface area contributed by atoms with Crippen molar-refractivity contribution in [3.05, 3.63) is 24.3 Å². The molecule has 0 saturated carbocycles. The molecule has 26 heavy (non-hydrogen) atoms. The van der Waals surface area contributed by atoms with Crippen LogP contribution in [0.4, 0.5) is 0 Å². The first-order valence-electron chi connectivity index (χ1n) is 9.18. The van der Waals surface area contributed by atoms with Gasteiger partial charge < -0.3 is 9.47 Å². The lowest BCUT2D eigenvalue weighted by atomic mass is 10.1. The van der Waals surface area contributed by atoms with Gasteiger partial charge in [0.25, 0.3) is 0 Å². The van der Waals surface area contributed by atoms with E-state index in [0.29, 0.717) is 11.8 Å². The topological polar surface area (TPSA) is 77.3 Å². The van der Waals surface area contributed by atoms with Crippen molar-refractivity contribution < 1.29 is 19.1 Å². The van der Waals surface area contributed by atoms with Crippen molar-refractivity contribution in [2.45, 2.75) is 77.3 Å². The molecule has 2 aliphatic rings. The van der Waals surface area contributed by atoms with Crippen molar-refractivity contribution in [1.82, 2.24) is 0 Å². The van der Waals surface area contributed by atoms with E-state index >= 15 is 0 Å². The number of carbonyl (C=O) groups excluding carboxylic acids is 2. The molecule has 0 fully saturated rings. The van der Waals surface area contributed by atoms with Crippen molar-refractivity contribution in [2.75, 3.05) is 0 Å². The normalized spacial score (nSPS) is 21.2. The minimum Gasteiger partial charge on any atom is -0.406 e. The van der Waals surface area contributed by atoms with Gasteiger partial charge in [0.05, 0.1) is 0 Å². The highest BCUT2D eigenvalue weighted by molar-refractivity contribution is 6.05. The van der Waals surface area contributed by atoms with Gasteiger partial charge in [-0.1, -0.05) is 25.0 Å². The summed E-state index contributed by atoms with van der Waals surface area (Å²) in [6.45, 7) is 6.98. The van der Waals surface area contributed by atoms with Gasteiger partial charge in [0, 0.05) is 0 Å². The molecule has 0 amide bonds. The molecule has 0 unspecified atom stereocenters. The zero-order chi connectivity index (χ0) is 19.2. The fraction of sp³-hybridized carbons (Fsp3) is 0.600. The first-order chi connectivity index (χ1) is 12.2. The molecule has 0 bridgehead atoms. The van der Waals surface area contributed by atoms with E-state index in [1.54, 1.807) is 39.8 Å². The maximum absolute atomic E-state index is 11.5. The largest absolute Gasteiger partial charge is 0.406 e. The van der Waals surface area contributed by atoms with Crippen LogP contribution in [0.1, 0.15) is 66.2 Å². The molecule has 6 nitrogen and oxygen atoms in total. The highest BCUT2D eigenvalue weighted by atomic mass is 16.6. The van der Waals surface area contributed by atoms with Gasteiger partial charge in [-0.15, -0.1) is 0 Å². The van der Waals surface area contributed by atoms with Gasteiger partial charge in [-0.25, -0.2) is 19.6 Å². The van der Waals surface area contributed by atoms with Crippen molar-refractivity contribution in [3.63, 3.8) is 0 Å². The quantitative estimate of drug-likeness (QED) is 0.461. The lowest BCUT2D eigenvalue weighted by molar-refractivity contribution is -0.138.